The zero-order chi connectivity index (χ0) is 19.9. The van der Waals surface area contributed by atoms with Crippen LogP contribution in [0.4, 0.5) is 18.9 Å². The summed E-state index contributed by atoms with van der Waals surface area (Å²) >= 11 is 5.93. The maximum atomic E-state index is 12.9. The molecule has 0 radical (unpaired) electrons. The van der Waals surface area contributed by atoms with Gasteiger partial charge in [-0.25, -0.2) is 4.79 Å². The second-order valence-electron chi connectivity index (χ2n) is 6.70. The Hall–Kier alpha value is -2.45. The molecule has 1 fully saturated rings. The maximum absolute atomic E-state index is 12.9. The predicted molar refractivity (Wildman–Crippen MR) is 101 cm³/mol. The highest BCUT2D eigenvalue weighted by molar-refractivity contribution is 6.31. The zero-order valence-corrected chi connectivity index (χ0v) is 15.5. The third kappa shape index (κ3) is 3.74. The highest BCUT2D eigenvalue weighted by atomic mass is 35.5. The third-order valence-corrected chi connectivity index (χ3v) is 5.12. The molecule has 3 aromatic rings. The minimum absolute atomic E-state index is 0.351. The van der Waals surface area contributed by atoms with E-state index in [1.807, 2.05) is 4.90 Å². The molecular weight excluding hydrogens is 395 g/mol. The van der Waals surface area contributed by atoms with E-state index < -0.39 is 17.5 Å². The Labute approximate surface area is 163 Å². The van der Waals surface area contributed by atoms with Crippen LogP contribution in [0.15, 0.2) is 51.7 Å². The van der Waals surface area contributed by atoms with Gasteiger partial charge in [-0.05, 0) is 30.3 Å². The fourth-order valence-electron chi connectivity index (χ4n) is 3.40. The molecule has 28 heavy (non-hydrogen) atoms. The Kier molecular flexibility index (Phi) is 4.84. The average molecular weight is 412 g/mol. The molecule has 2 heterocycles. The van der Waals surface area contributed by atoms with Crippen LogP contribution in [0.2, 0.25) is 5.02 Å². The second kappa shape index (κ2) is 7.18. The number of piperazine rings is 1. The molecular formula is C19H17ClF3N3O2. The molecule has 5 nitrogen and oxygen atoms in total. The van der Waals surface area contributed by atoms with Gasteiger partial charge in [0.2, 0.25) is 0 Å². The largest absolute Gasteiger partial charge is 0.421 e. The number of alkyl halides is 3. The van der Waals surface area contributed by atoms with Crippen LogP contribution in [-0.2, 0) is 12.8 Å². The van der Waals surface area contributed by atoms with Crippen molar-refractivity contribution in [1.82, 2.24) is 9.47 Å². The molecule has 148 valence electrons. The molecule has 9 heteroatoms. The summed E-state index contributed by atoms with van der Waals surface area (Å²) in [5.74, 6) is -0.461. The van der Waals surface area contributed by atoms with Crippen LogP contribution < -0.4 is 10.7 Å². The normalized spacial score (nSPS) is 16.1. The fraction of sp³-hybridized carbons (Fsp3) is 0.316. The Morgan fingerprint density at radius 2 is 1.79 bits per heavy atom. The van der Waals surface area contributed by atoms with Gasteiger partial charge in [-0.3, -0.25) is 9.47 Å². The summed E-state index contributed by atoms with van der Waals surface area (Å²) in [6.45, 7) is 2.71. The third-order valence-electron chi connectivity index (χ3n) is 4.88. The minimum atomic E-state index is -4.36. The number of oxazole rings is 1. The second-order valence-corrected chi connectivity index (χ2v) is 7.14. The topological polar surface area (TPSA) is 41.6 Å². The van der Waals surface area contributed by atoms with Gasteiger partial charge in [0, 0.05) is 43.0 Å². The van der Waals surface area contributed by atoms with E-state index in [9.17, 15) is 18.0 Å². The van der Waals surface area contributed by atoms with Gasteiger partial charge in [-0.15, -0.1) is 0 Å². The van der Waals surface area contributed by atoms with Crippen molar-refractivity contribution < 1.29 is 17.6 Å². The van der Waals surface area contributed by atoms with Crippen molar-refractivity contribution in [2.75, 3.05) is 31.1 Å². The van der Waals surface area contributed by atoms with Gasteiger partial charge in [0.1, 0.15) is 0 Å². The van der Waals surface area contributed by atoms with Crippen LogP contribution in [0.1, 0.15) is 5.56 Å². The highest BCUT2D eigenvalue weighted by Gasteiger charge is 2.31. The van der Waals surface area contributed by atoms with Gasteiger partial charge in [-0.1, -0.05) is 17.7 Å². The summed E-state index contributed by atoms with van der Waals surface area (Å²) < 4.78 is 45.5. The first-order valence-corrected chi connectivity index (χ1v) is 9.12. The quantitative estimate of drug-likeness (QED) is 0.652. The molecule has 1 aliphatic rings. The van der Waals surface area contributed by atoms with Crippen molar-refractivity contribution in [2.24, 2.45) is 0 Å². The van der Waals surface area contributed by atoms with Crippen LogP contribution in [0.5, 0.6) is 0 Å². The van der Waals surface area contributed by atoms with Crippen molar-refractivity contribution in [1.29, 1.82) is 0 Å². The molecule has 1 aliphatic heterocycles. The average Bonchev–Trinajstić information content (AvgIpc) is 2.96. The highest BCUT2D eigenvalue weighted by Crippen LogP contribution is 2.32. The molecule has 0 atom stereocenters. The van der Waals surface area contributed by atoms with E-state index in [1.165, 1.54) is 16.7 Å². The Morgan fingerprint density at radius 3 is 2.50 bits per heavy atom. The number of nitrogens with zero attached hydrogens (tertiary/aromatic N) is 3. The van der Waals surface area contributed by atoms with Crippen LogP contribution in [-0.4, -0.2) is 35.6 Å². The molecule has 0 amide bonds. The Balaban J connectivity index is 1.46. The minimum Gasteiger partial charge on any atom is -0.408 e. The molecule has 0 unspecified atom stereocenters. The van der Waals surface area contributed by atoms with E-state index in [2.05, 4.69) is 4.90 Å². The summed E-state index contributed by atoms with van der Waals surface area (Å²) in [5, 5.41) is 0.489. The van der Waals surface area contributed by atoms with E-state index in [0.29, 0.717) is 54.7 Å². The standard InChI is InChI=1S/C19H17ClF3N3O2/c20-14-4-5-16-17(11-14)28-18(27)26(16)12-24-6-8-25(9-7-24)15-3-1-2-13(10-15)19(21,22)23/h1-5,10-11H,6-9,12H2. The lowest BCUT2D eigenvalue weighted by atomic mass is 10.1. The van der Waals surface area contributed by atoms with Crippen molar-refractivity contribution in [3.63, 3.8) is 0 Å². The number of hydrogen-bond donors (Lipinski definition) is 0. The number of rotatable bonds is 3. The van der Waals surface area contributed by atoms with Crippen LogP contribution in [0.25, 0.3) is 11.1 Å². The van der Waals surface area contributed by atoms with Crippen molar-refractivity contribution >= 4 is 28.4 Å². The van der Waals surface area contributed by atoms with Crippen molar-refractivity contribution in [3.05, 3.63) is 63.6 Å². The van der Waals surface area contributed by atoms with Crippen molar-refractivity contribution in [2.45, 2.75) is 12.8 Å². The number of halogens is 4. The molecule has 4 rings (SSSR count). The summed E-state index contributed by atoms with van der Waals surface area (Å²) in [6, 6.07) is 10.4. The van der Waals surface area contributed by atoms with E-state index in [4.69, 9.17) is 16.0 Å². The van der Waals surface area contributed by atoms with Gasteiger partial charge >= 0.3 is 11.9 Å². The van der Waals surface area contributed by atoms with E-state index in [-0.39, 0.29) is 0 Å². The van der Waals surface area contributed by atoms with E-state index >= 15 is 0 Å². The molecule has 0 spiro atoms. The summed E-state index contributed by atoms with van der Waals surface area (Å²) in [5.41, 5.74) is 0.993. The molecule has 0 saturated carbocycles. The lowest BCUT2D eigenvalue weighted by Crippen LogP contribution is -2.47. The predicted octanol–water partition coefficient (Wildman–Crippen LogP) is 4.05. The first kappa shape index (κ1) is 18.9. The maximum Gasteiger partial charge on any atom is 0.421 e. The van der Waals surface area contributed by atoms with Crippen LogP contribution in [0.3, 0.4) is 0 Å². The Bertz CT molecular complexity index is 1050. The number of aromatic nitrogens is 1. The van der Waals surface area contributed by atoms with Gasteiger partial charge < -0.3 is 9.32 Å². The lowest BCUT2D eigenvalue weighted by molar-refractivity contribution is -0.137. The van der Waals surface area contributed by atoms with Gasteiger partial charge in [0.05, 0.1) is 17.7 Å². The number of benzene rings is 2. The molecule has 0 bridgehead atoms. The molecule has 0 N–H and O–H groups in total. The summed E-state index contributed by atoms with van der Waals surface area (Å²) in [7, 11) is 0. The Morgan fingerprint density at radius 1 is 1.04 bits per heavy atom. The summed E-state index contributed by atoms with van der Waals surface area (Å²) in [6.07, 6.45) is -4.36. The molecule has 1 saturated heterocycles. The first-order valence-electron chi connectivity index (χ1n) is 8.75. The zero-order valence-electron chi connectivity index (χ0n) is 14.7. The van der Waals surface area contributed by atoms with Gasteiger partial charge in [0.25, 0.3) is 0 Å². The lowest BCUT2D eigenvalue weighted by Gasteiger charge is -2.36. The van der Waals surface area contributed by atoms with E-state index in [1.54, 1.807) is 24.3 Å². The monoisotopic (exact) mass is 411 g/mol. The SMILES string of the molecule is O=c1oc2cc(Cl)ccc2n1CN1CCN(c2cccc(C(F)(F)F)c2)CC1. The molecule has 1 aromatic heterocycles. The molecule has 0 aliphatic carbocycles. The number of fused-ring (bicyclic) bond motifs is 1. The van der Waals surface area contributed by atoms with Crippen molar-refractivity contribution in [3.8, 4) is 0 Å². The van der Waals surface area contributed by atoms with E-state index in [0.717, 1.165) is 6.07 Å². The number of hydrogen-bond acceptors (Lipinski definition) is 4. The summed E-state index contributed by atoms with van der Waals surface area (Å²) in [4.78, 5) is 16.1. The van der Waals surface area contributed by atoms with Crippen LogP contribution in [0, 0.1) is 0 Å². The van der Waals surface area contributed by atoms with Crippen LogP contribution >= 0.6 is 11.6 Å². The number of anilines is 1. The fourth-order valence-corrected chi connectivity index (χ4v) is 3.56. The first-order chi connectivity index (χ1) is 13.3. The smallest absolute Gasteiger partial charge is 0.408 e. The van der Waals surface area contributed by atoms with Gasteiger partial charge in [0.15, 0.2) is 5.58 Å². The molecule has 2 aromatic carbocycles. The van der Waals surface area contributed by atoms with Gasteiger partial charge in [-0.2, -0.15) is 13.2 Å².